The number of halogens is 2. The molecule has 0 bridgehead atoms. The summed E-state index contributed by atoms with van der Waals surface area (Å²) in [4.78, 5) is 2.41. The maximum atomic E-state index is 12.6. The van der Waals surface area contributed by atoms with Crippen LogP contribution in [0.5, 0.6) is 0 Å². The molecule has 0 saturated carbocycles. The first-order valence-corrected chi connectivity index (χ1v) is 6.88. The van der Waals surface area contributed by atoms with Crippen molar-refractivity contribution in [1.82, 2.24) is 4.90 Å². The van der Waals surface area contributed by atoms with Crippen molar-refractivity contribution in [2.24, 2.45) is 11.7 Å². The molecule has 1 saturated heterocycles. The molecule has 0 radical (unpaired) electrons. The molecule has 1 aliphatic rings. The van der Waals surface area contributed by atoms with Gasteiger partial charge < -0.3 is 5.73 Å². The van der Waals surface area contributed by atoms with Crippen molar-refractivity contribution in [3.63, 3.8) is 0 Å². The van der Waals surface area contributed by atoms with Gasteiger partial charge in [0.2, 0.25) is 0 Å². The van der Waals surface area contributed by atoms with Gasteiger partial charge in [0.1, 0.15) is 0 Å². The first kappa shape index (κ1) is 14.4. The van der Waals surface area contributed by atoms with Crippen molar-refractivity contribution in [2.45, 2.75) is 38.8 Å². The van der Waals surface area contributed by atoms with E-state index in [4.69, 9.17) is 5.73 Å². The summed E-state index contributed by atoms with van der Waals surface area (Å²) < 4.78 is 25.2. The summed E-state index contributed by atoms with van der Waals surface area (Å²) in [5, 5.41) is 0. The number of nitrogens with zero attached hydrogens (tertiary/aromatic N) is 1. The molecular formula is C15H22F2N2. The van der Waals surface area contributed by atoms with E-state index >= 15 is 0 Å². The van der Waals surface area contributed by atoms with E-state index in [0.29, 0.717) is 18.5 Å². The normalized spacial score (nSPS) is 24.6. The molecule has 2 atom stereocenters. The monoisotopic (exact) mass is 268 g/mol. The highest BCUT2D eigenvalue weighted by molar-refractivity contribution is 5.27. The fourth-order valence-corrected chi connectivity index (χ4v) is 3.01. The molecule has 0 aliphatic carbocycles. The van der Waals surface area contributed by atoms with Gasteiger partial charge in [0.15, 0.2) is 0 Å². The zero-order chi connectivity index (χ0) is 14.0. The van der Waals surface area contributed by atoms with Gasteiger partial charge in [0, 0.05) is 17.6 Å². The molecule has 1 fully saturated rings. The molecule has 2 nitrogen and oxygen atoms in total. The second-order valence-electron chi connectivity index (χ2n) is 5.53. The highest BCUT2D eigenvalue weighted by atomic mass is 19.3. The minimum absolute atomic E-state index is 0.0853. The van der Waals surface area contributed by atoms with Gasteiger partial charge in [-0.1, -0.05) is 24.3 Å². The maximum absolute atomic E-state index is 12.6. The highest BCUT2D eigenvalue weighted by Gasteiger charge is 2.35. The predicted molar refractivity (Wildman–Crippen MR) is 73.1 cm³/mol. The third kappa shape index (κ3) is 2.95. The van der Waals surface area contributed by atoms with E-state index in [2.05, 4.69) is 18.7 Å². The molecule has 0 aromatic heterocycles. The minimum atomic E-state index is -2.40. The van der Waals surface area contributed by atoms with Crippen LogP contribution in [0, 0.1) is 5.92 Å². The number of benzene rings is 1. The molecule has 4 heteroatoms. The van der Waals surface area contributed by atoms with E-state index in [1.165, 1.54) is 12.1 Å². The first-order valence-electron chi connectivity index (χ1n) is 6.88. The van der Waals surface area contributed by atoms with E-state index in [0.717, 1.165) is 18.5 Å². The SMILES string of the molecule is CC(C)N1CCC(CN)C1c1ccc(C(F)F)cc1. The summed E-state index contributed by atoms with van der Waals surface area (Å²) in [6, 6.07) is 7.42. The topological polar surface area (TPSA) is 29.3 Å². The molecule has 106 valence electrons. The Hall–Kier alpha value is -1.00. The summed E-state index contributed by atoms with van der Waals surface area (Å²) in [5.41, 5.74) is 7.04. The molecule has 1 aromatic rings. The van der Waals surface area contributed by atoms with Crippen LogP contribution in [0.15, 0.2) is 24.3 Å². The minimum Gasteiger partial charge on any atom is -0.330 e. The average molecular weight is 268 g/mol. The van der Waals surface area contributed by atoms with Gasteiger partial charge in [-0.15, -0.1) is 0 Å². The van der Waals surface area contributed by atoms with Gasteiger partial charge in [-0.3, -0.25) is 4.90 Å². The number of likely N-dealkylation sites (tertiary alicyclic amines) is 1. The standard InChI is InChI=1S/C15H22F2N2/c1-10(2)19-8-7-13(9-18)14(19)11-3-5-12(6-4-11)15(16)17/h3-6,10,13-15H,7-9,18H2,1-2H3. The van der Waals surface area contributed by atoms with E-state index < -0.39 is 6.43 Å². The summed E-state index contributed by atoms with van der Waals surface area (Å²) in [6.45, 7) is 6.00. The van der Waals surface area contributed by atoms with Crippen molar-refractivity contribution in [2.75, 3.05) is 13.1 Å². The highest BCUT2D eigenvalue weighted by Crippen LogP contribution is 2.38. The Labute approximate surface area is 113 Å². The van der Waals surface area contributed by atoms with Crippen LogP contribution >= 0.6 is 0 Å². The van der Waals surface area contributed by atoms with Crippen LogP contribution in [0.3, 0.4) is 0 Å². The Morgan fingerprint density at radius 3 is 2.37 bits per heavy atom. The van der Waals surface area contributed by atoms with Crippen LogP contribution in [0.1, 0.15) is 43.9 Å². The lowest BCUT2D eigenvalue weighted by atomic mass is 9.93. The molecule has 0 spiro atoms. The smallest absolute Gasteiger partial charge is 0.263 e. The van der Waals surface area contributed by atoms with Gasteiger partial charge >= 0.3 is 0 Å². The van der Waals surface area contributed by atoms with Crippen molar-refractivity contribution >= 4 is 0 Å². The largest absolute Gasteiger partial charge is 0.330 e. The second kappa shape index (κ2) is 5.97. The average Bonchev–Trinajstić information content (AvgIpc) is 2.82. The van der Waals surface area contributed by atoms with Gasteiger partial charge in [-0.25, -0.2) is 8.78 Å². The van der Waals surface area contributed by atoms with Crippen LogP contribution in [-0.4, -0.2) is 24.0 Å². The summed E-state index contributed by atoms with van der Waals surface area (Å²) in [6.07, 6.45) is -1.32. The lowest BCUT2D eigenvalue weighted by Crippen LogP contribution is -2.33. The second-order valence-corrected chi connectivity index (χ2v) is 5.53. The number of nitrogens with two attached hydrogens (primary N) is 1. The molecule has 0 amide bonds. The lowest BCUT2D eigenvalue weighted by Gasteiger charge is -2.31. The van der Waals surface area contributed by atoms with Crippen LogP contribution < -0.4 is 5.73 Å². The predicted octanol–water partition coefficient (Wildman–Crippen LogP) is 3.35. The summed E-state index contributed by atoms with van der Waals surface area (Å²) >= 11 is 0. The van der Waals surface area contributed by atoms with Crippen molar-refractivity contribution in [3.8, 4) is 0 Å². The van der Waals surface area contributed by atoms with Gasteiger partial charge in [-0.05, 0) is 44.8 Å². The molecule has 2 unspecified atom stereocenters. The Bertz CT molecular complexity index is 403. The quantitative estimate of drug-likeness (QED) is 0.907. The molecule has 2 rings (SSSR count). The molecule has 19 heavy (non-hydrogen) atoms. The van der Waals surface area contributed by atoms with Gasteiger partial charge in [0.25, 0.3) is 6.43 Å². The Morgan fingerprint density at radius 2 is 1.89 bits per heavy atom. The van der Waals surface area contributed by atoms with E-state index in [-0.39, 0.29) is 11.6 Å². The van der Waals surface area contributed by atoms with Crippen molar-refractivity contribution < 1.29 is 8.78 Å². The zero-order valence-corrected chi connectivity index (χ0v) is 11.5. The number of rotatable bonds is 4. The van der Waals surface area contributed by atoms with Crippen molar-refractivity contribution in [3.05, 3.63) is 35.4 Å². The van der Waals surface area contributed by atoms with E-state index in [1.807, 2.05) is 12.1 Å². The van der Waals surface area contributed by atoms with E-state index in [9.17, 15) is 8.78 Å². The van der Waals surface area contributed by atoms with Crippen LogP contribution in [0.2, 0.25) is 0 Å². The maximum Gasteiger partial charge on any atom is 0.263 e. The summed E-state index contributed by atoms with van der Waals surface area (Å²) in [7, 11) is 0. The third-order valence-electron chi connectivity index (χ3n) is 4.06. The molecule has 2 N–H and O–H groups in total. The fourth-order valence-electron chi connectivity index (χ4n) is 3.01. The third-order valence-corrected chi connectivity index (χ3v) is 4.06. The van der Waals surface area contributed by atoms with E-state index in [1.54, 1.807) is 0 Å². The number of alkyl halides is 2. The Balaban J connectivity index is 2.25. The molecular weight excluding hydrogens is 246 g/mol. The Morgan fingerprint density at radius 1 is 1.26 bits per heavy atom. The van der Waals surface area contributed by atoms with Crippen molar-refractivity contribution in [1.29, 1.82) is 0 Å². The van der Waals surface area contributed by atoms with Crippen LogP contribution in [0.4, 0.5) is 8.78 Å². The van der Waals surface area contributed by atoms with Gasteiger partial charge in [0.05, 0.1) is 0 Å². The Kier molecular flexibility index (Phi) is 4.53. The molecule has 1 aromatic carbocycles. The van der Waals surface area contributed by atoms with Gasteiger partial charge in [-0.2, -0.15) is 0 Å². The van der Waals surface area contributed by atoms with Crippen LogP contribution in [0.25, 0.3) is 0 Å². The first-order chi connectivity index (χ1) is 9.04. The molecule has 1 aliphatic heterocycles. The fraction of sp³-hybridized carbons (Fsp3) is 0.600. The summed E-state index contributed by atoms with van der Waals surface area (Å²) in [5.74, 6) is 0.416. The van der Waals surface area contributed by atoms with Crippen LogP contribution in [-0.2, 0) is 0 Å². The lowest BCUT2D eigenvalue weighted by molar-refractivity contribution is 0.151. The zero-order valence-electron chi connectivity index (χ0n) is 11.5. The molecule has 1 heterocycles. The number of hydrogen-bond donors (Lipinski definition) is 1. The number of hydrogen-bond acceptors (Lipinski definition) is 2.